The first-order valence-electron chi connectivity index (χ1n) is 4.44. The number of hydrogen-bond acceptors (Lipinski definition) is 3. The molecule has 0 aliphatic carbocycles. The zero-order chi connectivity index (χ0) is 11.0. The third kappa shape index (κ3) is 1.46. The maximum atomic E-state index is 10.7. The van der Waals surface area contributed by atoms with Gasteiger partial charge in [0.1, 0.15) is 0 Å². The van der Waals surface area contributed by atoms with Crippen LogP contribution in [-0.2, 0) is 11.8 Å². The van der Waals surface area contributed by atoms with E-state index in [0.29, 0.717) is 16.6 Å². The highest BCUT2D eigenvalue weighted by Crippen LogP contribution is 2.23. The van der Waals surface area contributed by atoms with E-state index < -0.39 is 12.1 Å². The number of nitrogens with zero attached hydrogens (tertiary/aromatic N) is 2. The van der Waals surface area contributed by atoms with Gasteiger partial charge >= 0.3 is 5.97 Å². The second-order valence-corrected chi connectivity index (χ2v) is 3.27. The fraction of sp³-hybridized carbons (Fsp3) is 0.200. The molecule has 0 amide bonds. The Balaban J connectivity index is 2.68. The van der Waals surface area contributed by atoms with Crippen molar-refractivity contribution in [3.63, 3.8) is 0 Å². The van der Waals surface area contributed by atoms with E-state index in [9.17, 15) is 9.90 Å². The first-order valence-corrected chi connectivity index (χ1v) is 4.44. The Morgan fingerprint density at radius 3 is 2.80 bits per heavy atom. The fourth-order valence-corrected chi connectivity index (χ4v) is 1.61. The third-order valence-corrected chi connectivity index (χ3v) is 2.28. The summed E-state index contributed by atoms with van der Waals surface area (Å²) in [5.74, 6) is -1.27. The lowest BCUT2D eigenvalue weighted by molar-refractivity contribution is -0.147. The van der Waals surface area contributed by atoms with Crippen LogP contribution in [0.4, 0.5) is 0 Å². The summed E-state index contributed by atoms with van der Waals surface area (Å²) in [5, 5.41) is 23.0. The van der Waals surface area contributed by atoms with Gasteiger partial charge < -0.3 is 10.2 Å². The van der Waals surface area contributed by atoms with Crippen molar-refractivity contribution >= 4 is 16.9 Å². The smallest absolute Gasteiger partial charge is 0.338 e. The average Bonchev–Trinajstić information content (AvgIpc) is 2.52. The molecule has 5 heteroatoms. The molecule has 0 saturated heterocycles. The van der Waals surface area contributed by atoms with Crippen molar-refractivity contribution in [2.75, 3.05) is 0 Å². The number of aliphatic carboxylic acids is 1. The van der Waals surface area contributed by atoms with E-state index in [0.717, 1.165) is 0 Å². The predicted octanol–water partition coefficient (Wildman–Crippen LogP) is 0.691. The molecular weight excluding hydrogens is 196 g/mol. The first-order chi connectivity index (χ1) is 7.11. The highest BCUT2D eigenvalue weighted by Gasteiger charge is 2.22. The van der Waals surface area contributed by atoms with Gasteiger partial charge in [-0.1, -0.05) is 18.2 Å². The number of aromatic nitrogens is 2. The van der Waals surface area contributed by atoms with E-state index in [1.165, 1.54) is 4.68 Å². The Bertz CT molecular complexity index is 518. The lowest BCUT2D eigenvalue weighted by Gasteiger charge is -2.05. The van der Waals surface area contributed by atoms with Crippen LogP contribution in [0.3, 0.4) is 0 Å². The summed E-state index contributed by atoms with van der Waals surface area (Å²) in [6.45, 7) is 0. The molecular formula is C10H10N2O3. The van der Waals surface area contributed by atoms with Crippen LogP contribution >= 0.6 is 0 Å². The molecule has 0 aliphatic rings. The molecule has 2 N–H and O–H groups in total. The number of carbonyl (C=O) groups is 1. The molecule has 15 heavy (non-hydrogen) atoms. The van der Waals surface area contributed by atoms with Gasteiger partial charge in [-0.25, -0.2) is 4.79 Å². The predicted molar refractivity (Wildman–Crippen MR) is 53.3 cm³/mol. The average molecular weight is 206 g/mol. The van der Waals surface area contributed by atoms with Crippen molar-refractivity contribution in [2.45, 2.75) is 6.10 Å². The number of fused-ring (bicyclic) bond motifs is 1. The SMILES string of the molecule is Cn1nc2ccccc2c1C(O)C(=O)O. The molecule has 1 atom stereocenters. The lowest BCUT2D eigenvalue weighted by Crippen LogP contribution is -2.14. The summed E-state index contributed by atoms with van der Waals surface area (Å²) in [6, 6.07) is 7.10. The van der Waals surface area contributed by atoms with Crippen LogP contribution in [0.15, 0.2) is 24.3 Å². The fourth-order valence-electron chi connectivity index (χ4n) is 1.61. The highest BCUT2D eigenvalue weighted by atomic mass is 16.4. The Labute approximate surface area is 85.6 Å². The number of aryl methyl sites for hydroxylation is 1. The lowest BCUT2D eigenvalue weighted by atomic mass is 10.1. The van der Waals surface area contributed by atoms with Gasteiger partial charge in [0.15, 0.2) is 6.10 Å². The molecule has 0 bridgehead atoms. The standard InChI is InChI=1S/C10H10N2O3/c1-12-8(9(13)10(14)15)6-4-2-3-5-7(6)11-12/h2-5,9,13H,1H3,(H,14,15). The van der Waals surface area contributed by atoms with E-state index in [1.54, 1.807) is 25.2 Å². The van der Waals surface area contributed by atoms with Crippen molar-refractivity contribution in [3.8, 4) is 0 Å². The number of aliphatic hydroxyl groups is 1. The number of carboxylic acid groups (broad SMARTS) is 1. The van der Waals surface area contributed by atoms with E-state index in [4.69, 9.17) is 5.11 Å². The van der Waals surface area contributed by atoms with E-state index in [2.05, 4.69) is 5.10 Å². The largest absolute Gasteiger partial charge is 0.479 e. The minimum atomic E-state index is -1.54. The van der Waals surface area contributed by atoms with E-state index in [-0.39, 0.29) is 0 Å². The minimum Gasteiger partial charge on any atom is -0.479 e. The van der Waals surface area contributed by atoms with Crippen molar-refractivity contribution in [1.82, 2.24) is 9.78 Å². The zero-order valence-corrected chi connectivity index (χ0v) is 8.08. The molecule has 78 valence electrons. The van der Waals surface area contributed by atoms with E-state index in [1.807, 2.05) is 6.07 Å². The normalized spacial score (nSPS) is 12.9. The Morgan fingerprint density at radius 2 is 2.13 bits per heavy atom. The molecule has 0 radical (unpaired) electrons. The quantitative estimate of drug-likeness (QED) is 0.758. The van der Waals surface area contributed by atoms with Gasteiger partial charge in [0.25, 0.3) is 0 Å². The van der Waals surface area contributed by atoms with Crippen LogP contribution < -0.4 is 0 Å². The third-order valence-electron chi connectivity index (χ3n) is 2.28. The maximum Gasteiger partial charge on any atom is 0.338 e. The van der Waals surface area contributed by atoms with Gasteiger partial charge in [-0.05, 0) is 6.07 Å². The van der Waals surface area contributed by atoms with Crippen molar-refractivity contribution in [3.05, 3.63) is 30.0 Å². The molecule has 0 saturated carbocycles. The molecule has 1 heterocycles. The summed E-state index contributed by atoms with van der Waals surface area (Å²) < 4.78 is 1.39. The van der Waals surface area contributed by atoms with Crippen LogP contribution in [-0.4, -0.2) is 26.0 Å². The van der Waals surface area contributed by atoms with Crippen molar-refractivity contribution in [1.29, 1.82) is 0 Å². The summed E-state index contributed by atoms with van der Waals surface area (Å²) in [7, 11) is 1.61. The molecule has 2 rings (SSSR count). The molecule has 2 aromatic rings. The zero-order valence-electron chi connectivity index (χ0n) is 8.08. The number of rotatable bonds is 2. The highest BCUT2D eigenvalue weighted by molar-refractivity contribution is 5.86. The molecule has 1 aromatic heterocycles. The topological polar surface area (TPSA) is 75.3 Å². The summed E-state index contributed by atoms with van der Waals surface area (Å²) >= 11 is 0. The maximum absolute atomic E-state index is 10.7. The van der Waals surface area contributed by atoms with Crippen LogP contribution in [0, 0.1) is 0 Å². The number of benzene rings is 1. The first kappa shape index (κ1) is 9.67. The molecule has 0 fully saturated rings. The minimum absolute atomic E-state index is 0.304. The van der Waals surface area contributed by atoms with Gasteiger partial charge in [-0.3, -0.25) is 4.68 Å². The molecule has 0 spiro atoms. The van der Waals surface area contributed by atoms with Crippen molar-refractivity contribution < 1.29 is 15.0 Å². The van der Waals surface area contributed by atoms with Gasteiger partial charge in [0.2, 0.25) is 0 Å². The van der Waals surface area contributed by atoms with Gasteiger partial charge in [0, 0.05) is 12.4 Å². The number of carboxylic acids is 1. The second kappa shape index (κ2) is 3.36. The van der Waals surface area contributed by atoms with Gasteiger partial charge in [0.05, 0.1) is 11.2 Å². The van der Waals surface area contributed by atoms with E-state index >= 15 is 0 Å². The van der Waals surface area contributed by atoms with Gasteiger partial charge in [-0.15, -0.1) is 0 Å². The summed E-state index contributed by atoms with van der Waals surface area (Å²) in [6.07, 6.45) is -1.54. The Kier molecular flexibility index (Phi) is 2.17. The molecule has 1 unspecified atom stereocenters. The van der Waals surface area contributed by atoms with Crippen LogP contribution in [0.25, 0.3) is 10.9 Å². The van der Waals surface area contributed by atoms with Crippen LogP contribution in [0.5, 0.6) is 0 Å². The van der Waals surface area contributed by atoms with Crippen LogP contribution in [0.2, 0.25) is 0 Å². The van der Waals surface area contributed by atoms with Gasteiger partial charge in [-0.2, -0.15) is 5.10 Å². The van der Waals surface area contributed by atoms with Crippen LogP contribution in [0.1, 0.15) is 11.8 Å². The summed E-state index contributed by atoms with van der Waals surface area (Å²) in [4.78, 5) is 10.7. The van der Waals surface area contributed by atoms with Crippen molar-refractivity contribution in [2.24, 2.45) is 7.05 Å². The molecule has 5 nitrogen and oxygen atoms in total. The number of aliphatic hydroxyl groups excluding tert-OH is 1. The Morgan fingerprint density at radius 1 is 1.47 bits per heavy atom. The monoisotopic (exact) mass is 206 g/mol. The molecule has 1 aromatic carbocycles. The number of hydrogen-bond donors (Lipinski definition) is 2. The molecule has 0 aliphatic heterocycles. The second-order valence-electron chi connectivity index (χ2n) is 3.27. The Hall–Kier alpha value is -1.88. The summed E-state index contributed by atoms with van der Waals surface area (Å²) in [5.41, 5.74) is 0.980.